The summed E-state index contributed by atoms with van der Waals surface area (Å²) >= 11 is 0. The maximum Gasteiger partial charge on any atom is 0.273 e. The van der Waals surface area contributed by atoms with Crippen molar-refractivity contribution in [1.29, 1.82) is 0 Å². The van der Waals surface area contributed by atoms with Crippen molar-refractivity contribution in [1.82, 2.24) is 30.9 Å². The number of fused-ring (bicyclic) bond motifs is 6. The van der Waals surface area contributed by atoms with Gasteiger partial charge in [-0.25, -0.2) is 15.0 Å². The standard InChI is InChI=1S/C24H30N6O6/c1-10(2)16-22-25-14(7-34-22)20(32)29-18(12(5)6)24-27-15(9-36-24)21(33)30-17(11(3)4)23-26-13(8-35-23)19(31)28-16/h7-12,16-18H,1-6H3,(H,28,31)(H,29,32)(H,30,33)/t16-,17-,18-/m0/s1. The van der Waals surface area contributed by atoms with Gasteiger partial charge in [-0.05, 0) is 17.8 Å². The second kappa shape index (κ2) is 9.96. The predicted octanol–water partition coefficient (Wildman–Crippen LogP) is 3.35. The minimum absolute atomic E-state index is 0.0321. The number of carbonyl (C=O) groups excluding carboxylic acids is 3. The average Bonchev–Trinajstić information content (AvgIpc) is 3.58. The van der Waals surface area contributed by atoms with Crippen molar-refractivity contribution in [3.63, 3.8) is 0 Å². The largest absolute Gasteiger partial charge is 0.446 e. The molecule has 0 saturated carbocycles. The van der Waals surface area contributed by atoms with Crippen LogP contribution >= 0.6 is 0 Å². The van der Waals surface area contributed by atoms with Crippen LogP contribution in [0.4, 0.5) is 0 Å². The molecule has 3 aromatic heterocycles. The fourth-order valence-electron chi connectivity index (χ4n) is 3.79. The van der Waals surface area contributed by atoms with E-state index in [-0.39, 0.29) is 52.5 Å². The molecule has 1 aliphatic heterocycles. The topological polar surface area (TPSA) is 165 Å². The third-order valence-corrected chi connectivity index (χ3v) is 5.92. The second-order valence-electron chi connectivity index (χ2n) is 9.80. The van der Waals surface area contributed by atoms with Crippen LogP contribution in [0.15, 0.2) is 32.0 Å². The molecule has 0 aliphatic carbocycles. The zero-order valence-electron chi connectivity index (χ0n) is 21.0. The van der Waals surface area contributed by atoms with Crippen LogP contribution < -0.4 is 16.0 Å². The Morgan fingerprint density at radius 1 is 0.556 bits per heavy atom. The fraction of sp³-hybridized carbons (Fsp3) is 0.500. The summed E-state index contributed by atoms with van der Waals surface area (Å²) in [7, 11) is 0. The summed E-state index contributed by atoms with van der Waals surface area (Å²) in [5.74, 6) is -1.33. The Bertz CT molecular complexity index is 1100. The van der Waals surface area contributed by atoms with E-state index in [1.54, 1.807) is 0 Å². The summed E-state index contributed by atoms with van der Waals surface area (Å²) in [5, 5.41) is 8.53. The molecule has 12 heteroatoms. The Morgan fingerprint density at radius 3 is 1.03 bits per heavy atom. The molecule has 3 N–H and O–H groups in total. The molecule has 0 spiro atoms. The van der Waals surface area contributed by atoms with Gasteiger partial charge in [0.2, 0.25) is 17.7 Å². The highest BCUT2D eigenvalue weighted by atomic mass is 16.4. The van der Waals surface area contributed by atoms with Crippen LogP contribution in [-0.2, 0) is 0 Å². The minimum atomic E-state index is -0.631. The van der Waals surface area contributed by atoms with E-state index >= 15 is 0 Å². The van der Waals surface area contributed by atoms with Gasteiger partial charge in [-0.1, -0.05) is 41.5 Å². The van der Waals surface area contributed by atoms with Crippen molar-refractivity contribution in [2.75, 3.05) is 0 Å². The first-order chi connectivity index (χ1) is 17.0. The Hall–Kier alpha value is -3.96. The van der Waals surface area contributed by atoms with Crippen LogP contribution in [0.3, 0.4) is 0 Å². The van der Waals surface area contributed by atoms with Crippen LogP contribution in [0, 0.1) is 17.8 Å². The molecular weight excluding hydrogens is 468 g/mol. The van der Waals surface area contributed by atoms with Crippen molar-refractivity contribution in [2.45, 2.75) is 59.7 Å². The lowest BCUT2D eigenvalue weighted by Gasteiger charge is -2.20. The molecule has 0 aromatic carbocycles. The van der Waals surface area contributed by atoms with Crippen LogP contribution in [0.1, 0.15) is 109 Å². The lowest BCUT2D eigenvalue weighted by molar-refractivity contribution is 0.0906. The quantitative estimate of drug-likeness (QED) is 0.491. The summed E-state index contributed by atoms with van der Waals surface area (Å²) in [5.41, 5.74) is 0.0963. The van der Waals surface area contributed by atoms with Gasteiger partial charge in [0.25, 0.3) is 17.7 Å². The Balaban J connectivity index is 1.78. The minimum Gasteiger partial charge on any atom is -0.446 e. The van der Waals surface area contributed by atoms with E-state index in [0.717, 1.165) is 0 Å². The van der Waals surface area contributed by atoms with Crippen molar-refractivity contribution in [3.8, 4) is 0 Å². The lowest BCUT2D eigenvalue weighted by Crippen LogP contribution is -2.34. The molecular formula is C24H30N6O6. The molecule has 1 aliphatic rings. The van der Waals surface area contributed by atoms with Crippen LogP contribution in [0.5, 0.6) is 0 Å². The molecule has 192 valence electrons. The van der Waals surface area contributed by atoms with Gasteiger partial charge in [0.1, 0.15) is 36.9 Å². The smallest absolute Gasteiger partial charge is 0.273 e. The number of hydrogen-bond donors (Lipinski definition) is 3. The van der Waals surface area contributed by atoms with Gasteiger partial charge in [-0.2, -0.15) is 0 Å². The summed E-state index contributed by atoms with van der Waals surface area (Å²) in [6.45, 7) is 11.3. The summed E-state index contributed by atoms with van der Waals surface area (Å²) in [6, 6.07) is -1.89. The van der Waals surface area contributed by atoms with E-state index in [1.807, 2.05) is 41.5 Å². The van der Waals surface area contributed by atoms with Gasteiger partial charge in [-0.3, -0.25) is 14.4 Å². The monoisotopic (exact) mass is 498 g/mol. The van der Waals surface area contributed by atoms with Crippen LogP contribution in [0.25, 0.3) is 0 Å². The van der Waals surface area contributed by atoms with Gasteiger partial charge >= 0.3 is 0 Å². The van der Waals surface area contributed by atoms with E-state index in [1.165, 1.54) is 18.8 Å². The molecule has 3 amide bonds. The van der Waals surface area contributed by atoms with Crippen molar-refractivity contribution >= 4 is 17.7 Å². The van der Waals surface area contributed by atoms with E-state index in [2.05, 4.69) is 30.9 Å². The normalized spacial score (nSPS) is 21.2. The number of carbonyl (C=O) groups is 3. The number of oxazole rings is 3. The highest BCUT2D eigenvalue weighted by Gasteiger charge is 2.32. The van der Waals surface area contributed by atoms with Gasteiger partial charge in [0.05, 0.1) is 0 Å². The SMILES string of the molecule is CC(C)[C@@H]1NC(=O)c2coc(n2)[C@H](C(C)C)NC(=O)c2coc(n2)[C@H](C(C)C)NC(=O)c2coc1n2. The summed E-state index contributed by atoms with van der Waals surface area (Å²) < 4.78 is 16.7. The first-order valence-corrected chi connectivity index (χ1v) is 11.8. The maximum atomic E-state index is 13.0. The van der Waals surface area contributed by atoms with Crippen LogP contribution in [0.2, 0.25) is 0 Å². The molecule has 6 bridgehead atoms. The summed E-state index contributed by atoms with van der Waals surface area (Å²) in [4.78, 5) is 51.9. The molecule has 4 rings (SSSR count). The van der Waals surface area contributed by atoms with Gasteiger partial charge < -0.3 is 29.2 Å². The number of rotatable bonds is 3. The van der Waals surface area contributed by atoms with Crippen molar-refractivity contribution in [3.05, 3.63) is 53.5 Å². The molecule has 0 radical (unpaired) electrons. The highest BCUT2D eigenvalue weighted by Crippen LogP contribution is 2.26. The highest BCUT2D eigenvalue weighted by molar-refractivity contribution is 5.94. The van der Waals surface area contributed by atoms with E-state index in [0.29, 0.717) is 0 Å². The molecule has 0 fully saturated rings. The predicted molar refractivity (Wildman–Crippen MR) is 125 cm³/mol. The first kappa shape index (κ1) is 25.1. The fourth-order valence-corrected chi connectivity index (χ4v) is 3.79. The van der Waals surface area contributed by atoms with Gasteiger partial charge in [-0.15, -0.1) is 0 Å². The molecule has 12 nitrogen and oxygen atoms in total. The third kappa shape index (κ3) is 5.02. The molecule has 3 aromatic rings. The van der Waals surface area contributed by atoms with Crippen LogP contribution in [-0.4, -0.2) is 32.7 Å². The third-order valence-electron chi connectivity index (χ3n) is 5.92. The molecule has 4 heterocycles. The molecule has 36 heavy (non-hydrogen) atoms. The summed E-state index contributed by atoms with van der Waals surface area (Å²) in [6.07, 6.45) is 3.69. The number of nitrogens with one attached hydrogen (secondary N) is 3. The Morgan fingerprint density at radius 2 is 0.806 bits per heavy atom. The average molecular weight is 499 g/mol. The number of nitrogens with zero attached hydrogens (tertiary/aromatic N) is 3. The molecule has 3 atom stereocenters. The Labute approximate surface area is 207 Å². The lowest BCUT2D eigenvalue weighted by atomic mass is 10.0. The van der Waals surface area contributed by atoms with Crippen molar-refractivity contribution in [2.24, 2.45) is 17.8 Å². The van der Waals surface area contributed by atoms with E-state index < -0.39 is 35.8 Å². The Kier molecular flexibility index (Phi) is 6.95. The van der Waals surface area contributed by atoms with Crippen molar-refractivity contribution < 1.29 is 27.6 Å². The molecule has 0 saturated heterocycles. The maximum absolute atomic E-state index is 13.0. The number of hydrogen-bond acceptors (Lipinski definition) is 9. The van der Waals surface area contributed by atoms with Gasteiger partial charge in [0, 0.05) is 0 Å². The van der Waals surface area contributed by atoms with Gasteiger partial charge in [0.15, 0.2) is 17.1 Å². The second-order valence-corrected chi connectivity index (χ2v) is 9.80. The number of aromatic nitrogens is 3. The van der Waals surface area contributed by atoms with E-state index in [9.17, 15) is 14.4 Å². The zero-order chi connectivity index (χ0) is 26.1. The zero-order valence-corrected chi connectivity index (χ0v) is 21.0. The van der Waals surface area contributed by atoms with E-state index in [4.69, 9.17) is 13.3 Å². The first-order valence-electron chi connectivity index (χ1n) is 11.8. The molecule has 0 unspecified atom stereocenters. The number of amides is 3.